The van der Waals surface area contributed by atoms with Crippen LogP contribution in [0.1, 0.15) is 44.4 Å². The lowest BCUT2D eigenvalue weighted by Gasteiger charge is -2.19. The van der Waals surface area contributed by atoms with Crippen LogP contribution in [-0.4, -0.2) is 17.7 Å². The average Bonchev–Trinajstić information content (AvgIpc) is 3.01. The first-order valence-corrected chi connectivity index (χ1v) is 7.72. The molecule has 0 bridgehead atoms. The largest absolute Gasteiger partial charge is 0.472 e. The summed E-state index contributed by atoms with van der Waals surface area (Å²) in [7, 11) is 0. The van der Waals surface area contributed by atoms with E-state index in [9.17, 15) is 9.90 Å². The molecule has 0 spiro atoms. The van der Waals surface area contributed by atoms with E-state index in [1.54, 1.807) is 6.07 Å². The van der Waals surface area contributed by atoms with Gasteiger partial charge in [0.25, 0.3) is 0 Å². The third-order valence-electron chi connectivity index (χ3n) is 3.64. The van der Waals surface area contributed by atoms with Crippen molar-refractivity contribution in [2.75, 3.05) is 11.9 Å². The van der Waals surface area contributed by atoms with Gasteiger partial charge in [0, 0.05) is 17.8 Å². The number of rotatable bonds is 5. The number of hydrogen-bond donors (Lipinski definition) is 3. The molecular formula is C18H24N2O3. The van der Waals surface area contributed by atoms with Gasteiger partial charge in [-0.3, -0.25) is 0 Å². The maximum Gasteiger partial charge on any atom is 0.319 e. The molecule has 2 rings (SSSR count). The lowest BCUT2D eigenvalue weighted by atomic mass is 9.87. The van der Waals surface area contributed by atoms with Crippen LogP contribution in [0.15, 0.2) is 47.3 Å². The molecule has 5 heteroatoms. The molecule has 0 aliphatic heterocycles. The zero-order chi connectivity index (χ0) is 16.9. The van der Waals surface area contributed by atoms with Crippen LogP contribution in [0.25, 0.3) is 0 Å². The van der Waals surface area contributed by atoms with E-state index in [-0.39, 0.29) is 11.4 Å². The summed E-state index contributed by atoms with van der Waals surface area (Å²) in [4.78, 5) is 11.8. The van der Waals surface area contributed by atoms with E-state index in [1.807, 2.05) is 24.3 Å². The van der Waals surface area contributed by atoms with Crippen LogP contribution in [0.2, 0.25) is 0 Å². The maximum atomic E-state index is 11.8. The normalized spacial score (nSPS) is 12.7. The summed E-state index contributed by atoms with van der Waals surface area (Å²) in [5, 5.41) is 15.4. The minimum atomic E-state index is -0.639. The number of hydrogen-bond acceptors (Lipinski definition) is 3. The Hall–Kier alpha value is -2.27. The summed E-state index contributed by atoms with van der Waals surface area (Å²) in [6.07, 6.45) is 2.80. The summed E-state index contributed by atoms with van der Waals surface area (Å²) < 4.78 is 4.92. The highest BCUT2D eigenvalue weighted by Gasteiger charge is 2.13. The molecule has 0 fully saturated rings. The Balaban J connectivity index is 1.76. The zero-order valence-corrected chi connectivity index (χ0v) is 13.8. The van der Waals surface area contributed by atoms with E-state index in [0.717, 1.165) is 5.69 Å². The number of aliphatic hydroxyl groups excluding tert-OH is 1. The topological polar surface area (TPSA) is 74.5 Å². The van der Waals surface area contributed by atoms with Crippen LogP contribution in [0.4, 0.5) is 10.5 Å². The number of carbonyl (C=O) groups is 1. The number of urea groups is 1. The first-order valence-electron chi connectivity index (χ1n) is 7.72. The lowest BCUT2D eigenvalue weighted by molar-refractivity contribution is 0.166. The number of benzene rings is 1. The van der Waals surface area contributed by atoms with Crippen LogP contribution in [0, 0.1) is 0 Å². The van der Waals surface area contributed by atoms with Crippen LogP contribution in [0.3, 0.4) is 0 Å². The Bertz CT molecular complexity index is 613. The molecule has 2 aromatic rings. The Morgan fingerprint density at radius 2 is 1.91 bits per heavy atom. The molecule has 5 nitrogen and oxygen atoms in total. The number of anilines is 1. The number of aliphatic hydroxyl groups is 1. The maximum absolute atomic E-state index is 11.8. The van der Waals surface area contributed by atoms with Gasteiger partial charge in [-0.25, -0.2) is 4.79 Å². The van der Waals surface area contributed by atoms with Crippen LogP contribution in [-0.2, 0) is 5.41 Å². The molecule has 2 amide bonds. The smallest absolute Gasteiger partial charge is 0.319 e. The average molecular weight is 316 g/mol. The predicted octanol–water partition coefficient (Wildman–Crippen LogP) is 3.82. The Morgan fingerprint density at radius 3 is 2.48 bits per heavy atom. The summed E-state index contributed by atoms with van der Waals surface area (Å²) >= 11 is 0. The van der Waals surface area contributed by atoms with Crippen molar-refractivity contribution in [3.8, 4) is 0 Å². The molecule has 3 N–H and O–H groups in total. The lowest BCUT2D eigenvalue weighted by Crippen LogP contribution is -2.30. The van der Waals surface area contributed by atoms with Gasteiger partial charge in [-0.1, -0.05) is 32.9 Å². The van der Waals surface area contributed by atoms with Crippen molar-refractivity contribution >= 4 is 11.7 Å². The highest BCUT2D eigenvalue weighted by atomic mass is 16.3. The molecule has 0 saturated carbocycles. The van der Waals surface area contributed by atoms with Crippen molar-refractivity contribution in [1.29, 1.82) is 0 Å². The molecular weight excluding hydrogens is 292 g/mol. The minimum Gasteiger partial charge on any atom is -0.472 e. The summed E-state index contributed by atoms with van der Waals surface area (Å²) in [6, 6.07) is 9.23. The van der Waals surface area contributed by atoms with Gasteiger partial charge in [-0.05, 0) is 35.6 Å². The molecule has 23 heavy (non-hydrogen) atoms. The van der Waals surface area contributed by atoms with Gasteiger partial charge >= 0.3 is 6.03 Å². The minimum absolute atomic E-state index is 0.0873. The van der Waals surface area contributed by atoms with E-state index in [4.69, 9.17) is 4.42 Å². The third kappa shape index (κ3) is 5.14. The summed E-state index contributed by atoms with van der Waals surface area (Å²) in [5.41, 5.74) is 2.76. The molecule has 1 heterocycles. The fourth-order valence-corrected chi connectivity index (χ4v) is 2.18. The number of furan rings is 1. The molecule has 1 aromatic carbocycles. The number of carbonyl (C=O) groups excluding carboxylic acids is 1. The first-order chi connectivity index (χ1) is 10.9. The molecule has 1 aromatic heterocycles. The summed E-state index contributed by atoms with van der Waals surface area (Å²) in [5.74, 6) is 0. The second-order valence-electron chi connectivity index (χ2n) is 6.57. The van der Waals surface area contributed by atoms with Crippen molar-refractivity contribution in [2.45, 2.75) is 38.7 Å². The zero-order valence-electron chi connectivity index (χ0n) is 13.8. The van der Waals surface area contributed by atoms with E-state index >= 15 is 0 Å². The van der Waals surface area contributed by atoms with Crippen LogP contribution < -0.4 is 10.6 Å². The highest BCUT2D eigenvalue weighted by Crippen LogP contribution is 2.23. The monoisotopic (exact) mass is 316 g/mol. The van der Waals surface area contributed by atoms with Crippen molar-refractivity contribution in [3.05, 3.63) is 54.0 Å². The SMILES string of the molecule is CC(C)(C)c1ccc(NC(=O)NCCC(O)c2ccoc2)cc1. The summed E-state index contributed by atoms with van der Waals surface area (Å²) in [6.45, 7) is 6.81. The molecule has 1 atom stereocenters. The second kappa shape index (κ2) is 7.33. The molecule has 0 aliphatic rings. The predicted molar refractivity (Wildman–Crippen MR) is 90.4 cm³/mol. The van der Waals surface area contributed by atoms with Crippen molar-refractivity contribution in [2.24, 2.45) is 0 Å². The second-order valence-corrected chi connectivity index (χ2v) is 6.57. The first kappa shape index (κ1) is 17.1. The van der Waals surface area contributed by atoms with Gasteiger partial charge in [0.15, 0.2) is 0 Å². The van der Waals surface area contributed by atoms with Crippen molar-refractivity contribution < 1.29 is 14.3 Å². The Kier molecular flexibility index (Phi) is 5.45. The third-order valence-corrected chi connectivity index (χ3v) is 3.64. The molecule has 124 valence electrons. The van der Waals surface area contributed by atoms with Gasteiger partial charge in [0.05, 0.1) is 18.6 Å². The fraction of sp³-hybridized carbons (Fsp3) is 0.389. The fourth-order valence-electron chi connectivity index (χ4n) is 2.18. The van der Waals surface area contributed by atoms with Gasteiger partial charge in [0.2, 0.25) is 0 Å². The number of amides is 2. The van der Waals surface area contributed by atoms with Crippen LogP contribution in [0.5, 0.6) is 0 Å². The van der Waals surface area contributed by atoms with Crippen molar-refractivity contribution in [3.63, 3.8) is 0 Å². The van der Waals surface area contributed by atoms with E-state index in [1.165, 1.54) is 18.1 Å². The molecule has 0 radical (unpaired) electrons. The van der Waals surface area contributed by atoms with Crippen LogP contribution >= 0.6 is 0 Å². The quantitative estimate of drug-likeness (QED) is 0.785. The van der Waals surface area contributed by atoms with Gasteiger partial charge in [0.1, 0.15) is 0 Å². The van der Waals surface area contributed by atoms with Gasteiger partial charge in [-0.2, -0.15) is 0 Å². The van der Waals surface area contributed by atoms with Crippen molar-refractivity contribution in [1.82, 2.24) is 5.32 Å². The molecule has 1 unspecified atom stereocenters. The van der Waals surface area contributed by atoms with E-state index in [0.29, 0.717) is 18.5 Å². The van der Waals surface area contributed by atoms with Gasteiger partial charge < -0.3 is 20.2 Å². The standard InChI is InChI=1S/C18H24N2O3/c1-18(2,3)14-4-6-15(7-5-14)20-17(22)19-10-8-16(21)13-9-11-23-12-13/h4-7,9,11-12,16,21H,8,10H2,1-3H3,(H2,19,20,22). The highest BCUT2D eigenvalue weighted by molar-refractivity contribution is 5.89. The van der Waals surface area contributed by atoms with E-state index in [2.05, 4.69) is 31.4 Å². The number of nitrogens with one attached hydrogen (secondary N) is 2. The Morgan fingerprint density at radius 1 is 1.22 bits per heavy atom. The Labute approximate surface area is 136 Å². The molecule has 0 aliphatic carbocycles. The van der Waals surface area contributed by atoms with Gasteiger partial charge in [-0.15, -0.1) is 0 Å². The molecule has 0 saturated heterocycles. The van der Waals surface area contributed by atoms with E-state index < -0.39 is 6.10 Å².